The Labute approximate surface area is 85.4 Å². The van der Waals surface area contributed by atoms with Gasteiger partial charge in [0.15, 0.2) is 0 Å². The summed E-state index contributed by atoms with van der Waals surface area (Å²) in [6.07, 6.45) is 0. The Balaban J connectivity index is 3.43. The van der Waals surface area contributed by atoms with Gasteiger partial charge in [-0.15, -0.1) is 0 Å². The van der Waals surface area contributed by atoms with Crippen molar-refractivity contribution in [1.82, 2.24) is 0 Å². The van der Waals surface area contributed by atoms with Crippen LogP contribution >= 0.6 is 15.9 Å². The zero-order chi connectivity index (χ0) is 10.9. The third-order valence-corrected chi connectivity index (χ3v) is 2.02. The van der Waals surface area contributed by atoms with E-state index < -0.39 is 28.0 Å². The normalized spacial score (nSPS) is 9.86. The molecular formula is C7H2BrFNO4-. The van der Waals surface area contributed by atoms with Gasteiger partial charge in [-0.3, -0.25) is 10.1 Å². The van der Waals surface area contributed by atoms with Gasteiger partial charge in [-0.05, 0) is 22.0 Å². The monoisotopic (exact) mass is 262 g/mol. The fourth-order valence-electron chi connectivity index (χ4n) is 0.825. The highest BCUT2D eigenvalue weighted by atomic mass is 79.9. The van der Waals surface area contributed by atoms with E-state index in [-0.39, 0.29) is 4.47 Å². The summed E-state index contributed by atoms with van der Waals surface area (Å²) in [5.41, 5.74) is -1.36. The highest BCUT2D eigenvalue weighted by Gasteiger charge is 2.18. The van der Waals surface area contributed by atoms with Gasteiger partial charge in [-0.1, -0.05) is 0 Å². The quantitative estimate of drug-likeness (QED) is 0.585. The lowest BCUT2D eigenvalue weighted by Crippen LogP contribution is -2.22. The maximum atomic E-state index is 13.0. The first-order chi connectivity index (χ1) is 6.43. The molecule has 0 bridgehead atoms. The molecule has 74 valence electrons. The van der Waals surface area contributed by atoms with E-state index in [0.29, 0.717) is 6.07 Å². The molecule has 0 saturated carbocycles. The summed E-state index contributed by atoms with van der Waals surface area (Å²) in [4.78, 5) is 19.6. The third-order valence-electron chi connectivity index (χ3n) is 1.44. The maximum Gasteiger partial charge on any atom is 0.306 e. The lowest BCUT2D eigenvalue weighted by molar-refractivity contribution is -0.387. The Bertz CT molecular complexity index is 420. The first kappa shape index (κ1) is 10.6. The van der Waals surface area contributed by atoms with Crippen molar-refractivity contribution >= 4 is 27.6 Å². The average Bonchev–Trinajstić information content (AvgIpc) is 2.08. The van der Waals surface area contributed by atoms with E-state index in [4.69, 9.17) is 0 Å². The van der Waals surface area contributed by atoms with Crippen LogP contribution in [0.4, 0.5) is 10.1 Å². The second-order valence-corrected chi connectivity index (χ2v) is 3.19. The highest BCUT2D eigenvalue weighted by Crippen LogP contribution is 2.26. The van der Waals surface area contributed by atoms with Crippen molar-refractivity contribution < 1.29 is 19.2 Å². The molecule has 0 N–H and O–H groups in total. The lowest BCUT2D eigenvalue weighted by atomic mass is 10.2. The SMILES string of the molecule is O=C([O-])c1cc(Br)c(F)c([N+](=O)[O-])c1. The number of hydrogen-bond acceptors (Lipinski definition) is 4. The number of carbonyl (C=O) groups is 1. The van der Waals surface area contributed by atoms with Crippen LogP contribution in [0.15, 0.2) is 16.6 Å². The molecule has 14 heavy (non-hydrogen) atoms. The molecule has 0 aliphatic rings. The molecule has 7 heteroatoms. The van der Waals surface area contributed by atoms with Crippen molar-refractivity contribution in [2.24, 2.45) is 0 Å². The number of nitrogens with zero attached hydrogens (tertiary/aromatic N) is 1. The Hall–Kier alpha value is -1.50. The molecule has 1 aromatic carbocycles. The van der Waals surface area contributed by atoms with Gasteiger partial charge in [0.25, 0.3) is 0 Å². The number of hydrogen-bond donors (Lipinski definition) is 0. The Morgan fingerprint density at radius 2 is 2.07 bits per heavy atom. The van der Waals surface area contributed by atoms with E-state index in [9.17, 15) is 24.4 Å². The molecule has 0 atom stereocenters. The fourth-order valence-corrected chi connectivity index (χ4v) is 1.28. The minimum atomic E-state index is -1.60. The van der Waals surface area contributed by atoms with Crippen LogP contribution in [0, 0.1) is 15.9 Å². The smallest absolute Gasteiger partial charge is 0.306 e. The number of benzene rings is 1. The zero-order valence-electron chi connectivity index (χ0n) is 6.49. The number of aromatic carboxylic acids is 1. The topological polar surface area (TPSA) is 83.3 Å². The zero-order valence-corrected chi connectivity index (χ0v) is 8.08. The van der Waals surface area contributed by atoms with Gasteiger partial charge in [-0.2, -0.15) is 4.39 Å². The number of carboxylic acids is 1. The predicted octanol–water partition coefficient (Wildman–Crippen LogP) is 0.860. The van der Waals surface area contributed by atoms with Crippen molar-refractivity contribution in [2.75, 3.05) is 0 Å². The fraction of sp³-hybridized carbons (Fsp3) is 0. The average molecular weight is 263 g/mol. The van der Waals surface area contributed by atoms with Crippen LogP contribution in [-0.4, -0.2) is 10.9 Å². The molecule has 0 aliphatic heterocycles. The Morgan fingerprint density at radius 1 is 1.50 bits per heavy atom. The van der Waals surface area contributed by atoms with E-state index in [1.807, 2.05) is 0 Å². The molecule has 0 heterocycles. The summed E-state index contributed by atoms with van der Waals surface area (Å²) in [5.74, 6) is -2.71. The third kappa shape index (κ3) is 1.87. The van der Waals surface area contributed by atoms with Gasteiger partial charge >= 0.3 is 5.69 Å². The van der Waals surface area contributed by atoms with Crippen molar-refractivity contribution in [3.05, 3.63) is 38.1 Å². The first-order valence-corrected chi connectivity index (χ1v) is 4.07. The number of rotatable bonds is 2. The molecule has 1 aromatic rings. The van der Waals surface area contributed by atoms with Gasteiger partial charge in [0.1, 0.15) is 0 Å². The standard InChI is InChI=1S/C7H3BrFNO4/c8-4-1-3(7(11)12)2-5(6(4)9)10(13)14/h1-2H,(H,11,12)/p-1. The van der Waals surface area contributed by atoms with Gasteiger partial charge in [0, 0.05) is 11.6 Å². The molecule has 5 nitrogen and oxygen atoms in total. The Morgan fingerprint density at radius 3 is 2.50 bits per heavy atom. The van der Waals surface area contributed by atoms with Gasteiger partial charge in [0.05, 0.1) is 15.4 Å². The molecule has 0 radical (unpaired) electrons. The van der Waals surface area contributed by atoms with Crippen LogP contribution in [0.25, 0.3) is 0 Å². The summed E-state index contributed by atoms with van der Waals surface area (Å²) < 4.78 is 12.7. The highest BCUT2D eigenvalue weighted by molar-refractivity contribution is 9.10. The molecule has 0 aliphatic carbocycles. The van der Waals surface area contributed by atoms with Gasteiger partial charge < -0.3 is 9.90 Å². The molecule has 0 aromatic heterocycles. The number of nitro benzene ring substituents is 1. The molecule has 0 saturated heterocycles. The largest absolute Gasteiger partial charge is 0.545 e. The maximum absolute atomic E-state index is 13.0. The molecule has 0 unspecified atom stereocenters. The van der Waals surface area contributed by atoms with Crippen LogP contribution in [0.3, 0.4) is 0 Å². The molecule has 0 amide bonds. The second-order valence-electron chi connectivity index (χ2n) is 2.34. The summed E-state index contributed by atoms with van der Waals surface area (Å²) in [6, 6.07) is 1.51. The minimum absolute atomic E-state index is 0.286. The number of carbonyl (C=O) groups excluding carboxylic acids is 1. The van der Waals surface area contributed by atoms with Gasteiger partial charge in [0.2, 0.25) is 5.82 Å². The lowest BCUT2D eigenvalue weighted by Gasteiger charge is -2.03. The minimum Gasteiger partial charge on any atom is -0.545 e. The summed E-state index contributed by atoms with van der Waals surface area (Å²) in [5, 5.41) is 20.6. The van der Waals surface area contributed by atoms with Crippen molar-refractivity contribution in [1.29, 1.82) is 0 Å². The van der Waals surface area contributed by atoms with Crippen molar-refractivity contribution in [3.63, 3.8) is 0 Å². The van der Waals surface area contributed by atoms with Crippen LogP contribution < -0.4 is 5.11 Å². The molecule has 0 fully saturated rings. The van der Waals surface area contributed by atoms with Crippen LogP contribution in [0.5, 0.6) is 0 Å². The van der Waals surface area contributed by atoms with E-state index >= 15 is 0 Å². The number of nitro groups is 1. The van der Waals surface area contributed by atoms with E-state index in [1.165, 1.54) is 0 Å². The molecular weight excluding hydrogens is 261 g/mol. The van der Waals surface area contributed by atoms with E-state index in [0.717, 1.165) is 6.07 Å². The second kappa shape index (κ2) is 3.70. The van der Waals surface area contributed by atoms with Crippen LogP contribution in [-0.2, 0) is 0 Å². The Kier molecular flexibility index (Phi) is 2.80. The molecule has 0 spiro atoms. The predicted molar refractivity (Wildman–Crippen MR) is 45.1 cm³/mol. The summed E-state index contributed by atoms with van der Waals surface area (Å²) in [7, 11) is 0. The van der Waals surface area contributed by atoms with E-state index in [1.54, 1.807) is 0 Å². The molecule has 1 rings (SSSR count). The van der Waals surface area contributed by atoms with Crippen molar-refractivity contribution in [2.45, 2.75) is 0 Å². The number of carboxylic acid groups (broad SMARTS) is 1. The van der Waals surface area contributed by atoms with Crippen molar-refractivity contribution in [3.8, 4) is 0 Å². The summed E-state index contributed by atoms with van der Waals surface area (Å²) >= 11 is 2.66. The summed E-state index contributed by atoms with van der Waals surface area (Å²) in [6.45, 7) is 0. The number of halogens is 2. The first-order valence-electron chi connectivity index (χ1n) is 3.28. The van der Waals surface area contributed by atoms with Crippen LogP contribution in [0.1, 0.15) is 10.4 Å². The van der Waals surface area contributed by atoms with Crippen LogP contribution in [0.2, 0.25) is 0 Å². The van der Waals surface area contributed by atoms with Gasteiger partial charge in [-0.25, -0.2) is 0 Å². The van der Waals surface area contributed by atoms with E-state index in [2.05, 4.69) is 15.9 Å².